The summed E-state index contributed by atoms with van der Waals surface area (Å²) in [7, 11) is 0. The number of rotatable bonds is 5. The Hall–Kier alpha value is -0.120. The highest BCUT2D eigenvalue weighted by Gasteiger charge is 2.43. The van der Waals surface area contributed by atoms with Crippen molar-refractivity contribution in [2.45, 2.75) is 26.7 Å². The van der Waals surface area contributed by atoms with Crippen LogP contribution in [0.25, 0.3) is 0 Å². The molecule has 2 atom stereocenters. The predicted octanol–water partition coefficient (Wildman–Crippen LogP) is 1.20. The fraction of sp³-hybridized carbons (Fsp3) is 1.00. The predicted molar refractivity (Wildman–Crippen MR) is 68.6 cm³/mol. The summed E-state index contributed by atoms with van der Waals surface area (Å²) < 4.78 is 0. The van der Waals surface area contributed by atoms with Gasteiger partial charge in [-0.15, -0.1) is 0 Å². The molecule has 1 saturated heterocycles. The van der Waals surface area contributed by atoms with E-state index in [1.165, 1.54) is 25.9 Å². The van der Waals surface area contributed by atoms with E-state index < -0.39 is 0 Å². The molecule has 2 unspecified atom stereocenters. The van der Waals surface area contributed by atoms with Crippen molar-refractivity contribution in [2.24, 2.45) is 29.6 Å². The highest BCUT2D eigenvalue weighted by Crippen LogP contribution is 2.45. The van der Waals surface area contributed by atoms with E-state index >= 15 is 0 Å². The second-order valence-electron chi connectivity index (χ2n) is 6.37. The molecule has 17 heavy (non-hydrogen) atoms. The molecule has 0 radical (unpaired) electrons. The highest BCUT2D eigenvalue weighted by molar-refractivity contribution is 4.94. The van der Waals surface area contributed by atoms with Gasteiger partial charge in [-0.2, -0.15) is 0 Å². The molecule has 0 aromatic heterocycles. The van der Waals surface area contributed by atoms with Gasteiger partial charge in [0.25, 0.3) is 0 Å². The third kappa shape index (κ3) is 2.83. The van der Waals surface area contributed by atoms with Crippen LogP contribution in [0, 0.1) is 29.6 Å². The largest absolute Gasteiger partial charge is 0.396 e. The van der Waals surface area contributed by atoms with Crippen molar-refractivity contribution >= 4 is 0 Å². The number of aliphatic hydroxyl groups excluding tert-OH is 2. The van der Waals surface area contributed by atoms with Crippen LogP contribution in [0.15, 0.2) is 0 Å². The highest BCUT2D eigenvalue weighted by atomic mass is 16.3. The Morgan fingerprint density at radius 1 is 1.06 bits per heavy atom. The molecule has 2 N–H and O–H groups in total. The summed E-state index contributed by atoms with van der Waals surface area (Å²) in [6.45, 7) is 8.15. The molecule has 100 valence electrons. The van der Waals surface area contributed by atoms with Crippen molar-refractivity contribution in [3.05, 3.63) is 0 Å². The number of hydrogen-bond donors (Lipinski definition) is 2. The van der Waals surface area contributed by atoms with Crippen LogP contribution in [-0.2, 0) is 0 Å². The minimum absolute atomic E-state index is 0.0463. The van der Waals surface area contributed by atoms with E-state index in [1.54, 1.807) is 0 Å². The van der Waals surface area contributed by atoms with Gasteiger partial charge < -0.3 is 15.1 Å². The first-order valence-electron chi connectivity index (χ1n) is 7.09. The topological polar surface area (TPSA) is 43.7 Å². The van der Waals surface area contributed by atoms with E-state index in [9.17, 15) is 0 Å². The maximum Gasteiger partial charge on any atom is 0.0493 e. The minimum Gasteiger partial charge on any atom is -0.396 e. The lowest BCUT2D eigenvalue weighted by Gasteiger charge is -2.41. The zero-order valence-corrected chi connectivity index (χ0v) is 11.2. The van der Waals surface area contributed by atoms with Gasteiger partial charge in [-0.1, -0.05) is 13.8 Å². The maximum atomic E-state index is 9.16. The molecule has 0 aromatic rings. The maximum absolute atomic E-state index is 9.16. The van der Waals surface area contributed by atoms with Crippen LogP contribution < -0.4 is 0 Å². The first-order chi connectivity index (χ1) is 8.15. The first kappa shape index (κ1) is 13.3. The Kier molecular flexibility index (Phi) is 4.45. The van der Waals surface area contributed by atoms with Crippen LogP contribution >= 0.6 is 0 Å². The quantitative estimate of drug-likeness (QED) is 0.760. The molecule has 0 aromatic carbocycles. The zero-order chi connectivity index (χ0) is 12.4. The number of hydrogen-bond acceptors (Lipinski definition) is 3. The average Bonchev–Trinajstić information content (AvgIpc) is 2.58. The summed E-state index contributed by atoms with van der Waals surface area (Å²) in [6.07, 6.45) is 2.76. The second-order valence-corrected chi connectivity index (χ2v) is 6.37. The molecule has 1 saturated carbocycles. The van der Waals surface area contributed by atoms with E-state index in [0.29, 0.717) is 0 Å². The van der Waals surface area contributed by atoms with Crippen LogP contribution in [0.4, 0.5) is 0 Å². The number of fused-ring (bicyclic) bond motifs is 2. The van der Waals surface area contributed by atoms with Crippen LogP contribution in [0.5, 0.6) is 0 Å². The third-order valence-electron chi connectivity index (χ3n) is 4.78. The molecule has 2 fully saturated rings. The Morgan fingerprint density at radius 2 is 1.59 bits per heavy atom. The van der Waals surface area contributed by atoms with Gasteiger partial charge in [0.1, 0.15) is 0 Å². The second kappa shape index (κ2) is 5.68. The smallest absolute Gasteiger partial charge is 0.0493 e. The summed E-state index contributed by atoms with van der Waals surface area (Å²) in [6, 6.07) is 0. The van der Waals surface area contributed by atoms with E-state index in [0.717, 1.165) is 30.2 Å². The van der Waals surface area contributed by atoms with Gasteiger partial charge in [0, 0.05) is 38.8 Å². The molecule has 3 heteroatoms. The molecule has 1 aliphatic carbocycles. The van der Waals surface area contributed by atoms with Gasteiger partial charge >= 0.3 is 0 Å². The Balaban J connectivity index is 1.91. The molecule has 2 aliphatic rings. The number of aliphatic hydroxyl groups is 2. The van der Waals surface area contributed by atoms with Crippen LogP contribution in [-0.4, -0.2) is 48.0 Å². The standard InChI is InChI=1S/C14H27NO2/c1-10(2)14-12-3-4-13(14)7-15(6-12)5-11(8-16)9-17/h10-14,16-17H,3-9H2,1-2H3. The molecule has 1 heterocycles. The Morgan fingerprint density at radius 3 is 2.00 bits per heavy atom. The summed E-state index contributed by atoms with van der Waals surface area (Å²) in [4.78, 5) is 2.47. The number of piperidine rings is 1. The summed E-state index contributed by atoms with van der Waals surface area (Å²) in [5, 5.41) is 18.3. The molecule has 0 amide bonds. The van der Waals surface area contributed by atoms with Gasteiger partial charge in [-0.25, -0.2) is 0 Å². The van der Waals surface area contributed by atoms with E-state index in [1.807, 2.05) is 0 Å². The molecular formula is C14H27NO2. The van der Waals surface area contributed by atoms with Crippen molar-refractivity contribution in [1.29, 1.82) is 0 Å². The lowest BCUT2D eigenvalue weighted by Crippen LogP contribution is -2.46. The first-order valence-corrected chi connectivity index (χ1v) is 7.09. The lowest BCUT2D eigenvalue weighted by molar-refractivity contribution is 0.0463. The molecule has 2 bridgehead atoms. The van der Waals surface area contributed by atoms with Gasteiger partial charge in [-0.05, 0) is 36.5 Å². The molecule has 2 rings (SSSR count). The molecule has 0 spiro atoms. The molecule has 3 nitrogen and oxygen atoms in total. The van der Waals surface area contributed by atoms with Gasteiger partial charge in [-0.3, -0.25) is 0 Å². The normalized spacial score (nSPS) is 33.9. The van der Waals surface area contributed by atoms with Crippen LogP contribution in [0.3, 0.4) is 0 Å². The van der Waals surface area contributed by atoms with Crippen molar-refractivity contribution in [3.8, 4) is 0 Å². The average molecular weight is 241 g/mol. The van der Waals surface area contributed by atoms with Crippen molar-refractivity contribution in [1.82, 2.24) is 4.90 Å². The van der Waals surface area contributed by atoms with Crippen LogP contribution in [0.2, 0.25) is 0 Å². The lowest BCUT2D eigenvalue weighted by atomic mass is 9.77. The molecule has 1 aliphatic heterocycles. The number of nitrogens with zero attached hydrogens (tertiary/aromatic N) is 1. The Bertz CT molecular complexity index is 226. The van der Waals surface area contributed by atoms with Crippen molar-refractivity contribution in [3.63, 3.8) is 0 Å². The fourth-order valence-electron chi connectivity index (χ4n) is 4.14. The van der Waals surface area contributed by atoms with Gasteiger partial charge in [0.2, 0.25) is 0 Å². The third-order valence-corrected chi connectivity index (χ3v) is 4.78. The SMILES string of the molecule is CC(C)C1C2CCC1CN(CC(CO)CO)C2. The van der Waals surface area contributed by atoms with Gasteiger partial charge in [0.05, 0.1) is 0 Å². The zero-order valence-electron chi connectivity index (χ0n) is 11.2. The summed E-state index contributed by atoms with van der Waals surface area (Å²) in [5.74, 6) is 3.47. The Labute approximate surface area is 105 Å². The summed E-state index contributed by atoms with van der Waals surface area (Å²) in [5.41, 5.74) is 0. The van der Waals surface area contributed by atoms with E-state index in [4.69, 9.17) is 10.2 Å². The van der Waals surface area contributed by atoms with Crippen molar-refractivity contribution in [2.75, 3.05) is 32.8 Å². The monoisotopic (exact) mass is 241 g/mol. The van der Waals surface area contributed by atoms with Gasteiger partial charge in [0.15, 0.2) is 0 Å². The minimum atomic E-state index is 0.0463. The number of likely N-dealkylation sites (tertiary alicyclic amines) is 1. The van der Waals surface area contributed by atoms with Crippen LogP contribution in [0.1, 0.15) is 26.7 Å². The van der Waals surface area contributed by atoms with E-state index in [2.05, 4.69) is 18.7 Å². The fourth-order valence-corrected chi connectivity index (χ4v) is 4.14. The molecular weight excluding hydrogens is 214 g/mol. The van der Waals surface area contributed by atoms with E-state index in [-0.39, 0.29) is 19.1 Å². The van der Waals surface area contributed by atoms with Crippen molar-refractivity contribution < 1.29 is 10.2 Å². The summed E-state index contributed by atoms with van der Waals surface area (Å²) >= 11 is 0.